The maximum Gasteiger partial charge on any atom is 0.325 e. The first-order valence-electron chi connectivity index (χ1n) is 6.65. The second-order valence-electron chi connectivity index (χ2n) is 6.18. The van der Waals surface area contributed by atoms with Crippen molar-refractivity contribution < 1.29 is 4.79 Å². The number of halogens is 1. The molecule has 5 heteroatoms. The predicted octanol–water partition coefficient (Wildman–Crippen LogP) is 2.22. The summed E-state index contributed by atoms with van der Waals surface area (Å²) >= 11 is 5.88. The molecule has 0 atom stereocenters. The van der Waals surface area contributed by atoms with Crippen LogP contribution in [0.25, 0.3) is 0 Å². The van der Waals surface area contributed by atoms with E-state index in [1.54, 1.807) is 0 Å². The molecule has 0 radical (unpaired) electrons. The first-order chi connectivity index (χ1) is 9.01. The van der Waals surface area contributed by atoms with Crippen molar-refractivity contribution in [1.82, 2.24) is 4.90 Å². The molecule has 3 aliphatic carbocycles. The van der Waals surface area contributed by atoms with E-state index in [0.29, 0.717) is 5.02 Å². The van der Waals surface area contributed by atoms with E-state index in [9.17, 15) is 4.79 Å². The third kappa shape index (κ3) is 1.47. The molecule has 4 fully saturated rings. The molecular formula is C14H16ClN3O. The van der Waals surface area contributed by atoms with Gasteiger partial charge in [-0.15, -0.1) is 0 Å². The molecule has 100 valence electrons. The SMILES string of the molecule is NC12CC(N3CCN(c4ccc(Cl)cc4)C3=O)(C1)C2. The molecular weight excluding hydrogens is 262 g/mol. The van der Waals surface area contributed by atoms with Crippen LogP contribution in [0.15, 0.2) is 24.3 Å². The Morgan fingerprint density at radius 2 is 1.74 bits per heavy atom. The molecule has 4 nitrogen and oxygen atoms in total. The van der Waals surface area contributed by atoms with Crippen molar-refractivity contribution in [3.63, 3.8) is 0 Å². The van der Waals surface area contributed by atoms with Crippen LogP contribution in [-0.4, -0.2) is 35.1 Å². The van der Waals surface area contributed by atoms with Crippen molar-refractivity contribution in [3.05, 3.63) is 29.3 Å². The maximum absolute atomic E-state index is 12.5. The lowest BCUT2D eigenvalue weighted by Gasteiger charge is -2.71. The van der Waals surface area contributed by atoms with Crippen LogP contribution in [0.5, 0.6) is 0 Å². The van der Waals surface area contributed by atoms with Crippen LogP contribution in [-0.2, 0) is 0 Å². The third-order valence-electron chi connectivity index (χ3n) is 4.76. The molecule has 1 aromatic rings. The topological polar surface area (TPSA) is 49.6 Å². The number of carbonyl (C=O) groups excluding carboxylic acids is 1. The Labute approximate surface area is 117 Å². The zero-order valence-electron chi connectivity index (χ0n) is 10.6. The maximum atomic E-state index is 12.5. The molecule has 4 aliphatic rings. The molecule has 1 aliphatic heterocycles. The van der Waals surface area contributed by atoms with Crippen LogP contribution in [0.4, 0.5) is 10.5 Å². The van der Waals surface area contributed by atoms with E-state index in [2.05, 4.69) is 0 Å². The highest BCUT2D eigenvalue weighted by Gasteiger charge is 2.70. The fourth-order valence-electron chi connectivity index (χ4n) is 3.93. The van der Waals surface area contributed by atoms with Crippen molar-refractivity contribution >= 4 is 23.3 Å². The number of nitrogens with two attached hydrogens (primary N) is 1. The Bertz CT molecular complexity index is 537. The molecule has 0 unspecified atom stereocenters. The number of anilines is 1. The lowest BCUT2D eigenvalue weighted by atomic mass is 9.44. The fraction of sp³-hybridized carbons (Fsp3) is 0.500. The van der Waals surface area contributed by atoms with Crippen LogP contribution in [0.2, 0.25) is 5.02 Å². The number of amides is 2. The molecule has 0 aromatic heterocycles. The fourth-order valence-corrected chi connectivity index (χ4v) is 4.06. The molecule has 3 saturated carbocycles. The van der Waals surface area contributed by atoms with E-state index in [1.165, 1.54) is 0 Å². The molecule has 0 spiro atoms. The highest BCUT2D eigenvalue weighted by molar-refractivity contribution is 6.30. The van der Waals surface area contributed by atoms with E-state index in [4.69, 9.17) is 17.3 Å². The van der Waals surface area contributed by atoms with Crippen LogP contribution in [0.1, 0.15) is 19.3 Å². The van der Waals surface area contributed by atoms with Crippen LogP contribution >= 0.6 is 11.6 Å². The third-order valence-corrected chi connectivity index (χ3v) is 5.02. The number of rotatable bonds is 2. The van der Waals surface area contributed by atoms with Gasteiger partial charge in [0.25, 0.3) is 0 Å². The van der Waals surface area contributed by atoms with Crippen molar-refractivity contribution in [2.45, 2.75) is 30.3 Å². The normalized spacial score (nSPS) is 36.2. The van der Waals surface area contributed by atoms with Gasteiger partial charge >= 0.3 is 6.03 Å². The summed E-state index contributed by atoms with van der Waals surface area (Å²) in [5.41, 5.74) is 7.12. The Morgan fingerprint density at radius 3 is 2.32 bits per heavy atom. The first-order valence-corrected chi connectivity index (χ1v) is 7.03. The summed E-state index contributed by atoms with van der Waals surface area (Å²) in [6.07, 6.45) is 2.92. The average Bonchev–Trinajstić information content (AvgIpc) is 2.67. The van der Waals surface area contributed by atoms with E-state index < -0.39 is 0 Å². The minimum absolute atomic E-state index is 0.0357. The summed E-state index contributed by atoms with van der Waals surface area (Å²) in [7, 11) is 0. The molecule has 2 N–H and O–H groups in total. The Kier molecular flexibility index (Phi) is 2.09. The van der Waals surface area contributed by atoms with Crippen molar-refractivity contribution in [1.29, 1.82) is 0 Å². The van der Waals surface area contributed by atoms with Gasteiger partial charge in [0, 0.05) is 34.9 Å². The number of benzene rings is 1. The van der Waals surface area contributed by atoms with Gasteiger partial charge in [-0.1, -0.05) is 11.6 Å². The predicted molar refractivity (Wildman–Crippen MR) is 74.4 cm³/mol. The number of hydrogen-bond donors (Lipinski definition) is 1. The highest BCUT2D eigenvalue weighted by atomic mass is 35.5. The van der Waals surface area contributed by atoms with E-state index >= 15 is 0 Å². The van der Waals surface area contributed by atoms with Crippen molar-refractivity contribution in [2.75, 3.05) is 18.0 Å². The van der Waals surface area contributed by atoms with Crippen LogP contribution in [0, 0.1) is 0 Å². The van der Waals surface area contributed by atoms with Gasteiger partial charge in [0.2, 0.25) is 0 Å². The van der Waals surface area contributed by atoms with Crippen LogP contribution < -0.4 is 10.6 Å². The largest absolute Gasteiger partial charge is 0.325 e. The first kappa shape index (κ1) is 11.6. The van der Waals surface area contributed by atoms with E-state index in [-0.39, 0.29) is 17.1 Å². The van der Waals surface area contributed by atoms with Gasteiger partial charge < -0.3 is 10.6 Å². The summed E-state index contributed by atoms with van der Waals surface area (Å²) in [5.74, 6) is 0. The average molecular weight is 278 g/mol. The minimum atomic E-state index is 0.0357. The van der Waals surface area contributed by atoms with E-state index in [1.807, 2.05) is 34.1 Å². The number of urea groups is 1. The van der Waals surface area contributed by atoms with E-state index in [0.717, 1.165) is 38.0 Å². The monoisotopic (exact) mass is 277 g/mol. The lowest BCUT2D eigenvalue weighted by Crippen LogP contribution is -2.82. The summed E-state index contributed by atoms with van der Waals surface area (Å²) in [5, 5.41) is 0.691. The number of carbonyl (C=O) groups is 1. The second-order valence-corrected chi connectivity index (χ2v) is 6.62. The molecule has 1 saturated heterocycles. The Hall–Kier alpha value is -1.26. The van der Waals surface area contributed by atoms with Crippen molar-refractivity contribution in [2.24, 2.45) is 5.73 Å². The van der Waals surface area contributed by atoms with Gasteiger partial charge in [0.15, 0.2) is 0 Å². The molecule has 5 rings (SSSR count). The summed E-state index contributed by atoms with van der Waals surface area (Å²) in [6.45, 7) is 1.55. The van der Waals surface area contributed by atoms with Gasteiger partial charge in [-0.2, -0.15) is 0 Å². The second kappa shape index (κ2) is 3.44. The Balaban J connectivity index is 1.55. The summed E-state index contributed by atoms with van der Waals surface area (Å²) < 4.78 is 0. The number of nitrogens with zero attached hydrogens (tertiary/aromatic N) is 2. The molecule has 2 bridgehead atoms. The summed E-state index contributed by atoms with van der Waals surface area (Å²) in [6, 6.07) is 7.56. The highest BCUT2D eigenvalue weighted by Crippen LogP contribution is 2.62. The molecule has 2 amide bonds. The quantitative estimate of drug-likeness (QED) is 0.901. The van der Waals surface area contributed by atoms with Gasteiger partial charge in [-0.25, -0.2) is 4.79 Å². The van der Waals surface area contributed by atoms with Gasteiger partial charge in [-0.05, 0) is 43.5 Å². The number of hydrogen-bond acceptors (Lipinski definition) is 2. The molecule has 19 heavy (non-hydrogen) atoms. The smallest absolute Gasteiger partial charge is 0.325 e. The lowest BCUT2D eigenvalue weighted by molar-refractivity contribution is -0.134. The van der Waals surface area contributed by atoms with Gasteiger partial charge in [0.05, 0.1) is 0 Å². The zero-order valence-corrected chi connectivity index (χ0v) is 11.4. The molecule has 1 heterocycles. The van der Waals surface area contributed by atoms with Crippen LogP contribution in [0.3, 0.4) is 0 Å². The minimum Gasteiger partial charge on any atom is -0.325 e. The summed E-state index contributed by atoms with van der Waals surface area (Å²) in [4.78, 5) is 16.4. The molecule has 1 aromatic carbocycles. The van der Waals surface area contributed by atoms with Gasteiger partial charge in [0.1, 0.15) is 0 Å². The standard InChI is InChI=1S/C14H16ClN3O/c15-10-1-3-11(4-2-10)17-5-6-18(12(17)19)14-7-13(16,8-14)9-14/h1-4H,5-9,16H2. The van der Waals surface area contributed by atoms with Gasteiger partial charge in [-0.3, -0.25) is 4.90 Å². The van der Waals surface area contributed by atoms with Crippen molar-refractivity contribution in [3.8, 4) is 0 Å². The zero-order chi connectivity index (χ0) is 13.3. The Morgan fingerprint density at radius 1 is 1.11 bits per heavy atom.